The zero-order valence-corrected chi connectivity index (χ0v) is 25.0. The number of carbonyl (C=O) groups is 3. The van der Waals surface area contributed by atoms with Crippen molar-refractivity contribution in [3.8, 4) is 0 Å². The van der Waals surface area contributed by atoms with Crippen LogP contribution in [0.3, 0.4) is 0 Å². The summed E-state index contributed by atoms with van der Waals surface area (Å²) in [6.45, 7) is 9.21. The Hall–Kier alpha value is -2.95. The van der Waals surface area contributed by atoms with Gasteiger partial charge in [0.25, 0.3) is 0 Å². The first kappa shape index (κ1) is 29.1. The highest BCUT2D eigenvalue weighted by Crippen LogP contribution is 2.75. The molecule has 6 aliphatic rings. The molecule has 1 aromatic rings. The Labute approximate surface area is 245 Å². The van der Waals surface area contributed by atoms with Gasteiger partial charge in [-0.25, -0.2) is 4.79 Å². The van der Waals surface area contributed by atoms with E-state index in [0.29, 0.717) is 29.6 Å². The first-order valence-electron chi connectivity index (χ1n) is 14.6. The molecule has 10 atom stereocenters. The Morgan fingerprint density at radius 3 is 2.60 bits per heavy atom. The van der Waals surface area contributed by atoms with Crippen LogP contribution in [-0.2, 0) is 33.3 Å². The van der Waals surface area contributed by atoms with Crippen molar-refractivity contribution in [3.05, 3.63) is 47.5 Å². The molecule has 3 aliphatic carbocycles. The minimum Gasteiger partial charge on any atom is -0.472 e. The summed E-state index contributed by atoms with van der Waals surface area (Å²) in [7, 11) is 1.32. The van der Waals surface area contributed by atoms with Gasteiger partial charge in [-0.1, -0.05) is 32.9 Å². The summed E-state index contributed by atoms with van der Waals surface area (Å²) in [6, 6.07) is 1.73. The quantitative estimate of drug-likeness (QED) is 0.227. The Morgan fingerprint density at radius 1 is 1.21 bits per heavy atom. The molecule has 7 rings (SSSR count). The van der Waals surface area contributed by atoms with Gasteiger partial charge in [-0.05, 0) is 50.2 Å². The lowest BCUT2D eigenvalue weighted by Gasteiger charge is -2.74. The van der Waals surface area contributed by atoms with E-state index in [-0.39, 0.29) is 19.4 Å². The SMILES string of the molecule is C/C=C(\C)C(=O)O[C@@H]1C2C=C3[C@H](CC[C@@]4(C)[C@H](c5ccoc5)OC(=O)C[C@@]34O)[C@]3(C)[C@@H](CC(=O)OC)[C@@]1(C)COC23O. The van der Waals surface area contributed by atoms with Gasteiger partial charge in [0.15, 0.2) is 5.79 Å². The van der Waals surface area contributed by atoms with E-state index in [0.717, 1.165) is 0 Å². The topological polar surface area (TPSA) is 142 Å². The van der Waals surface area contributed by atoms with E-state index in [1.165, 1.54) is 19.6 Å². The molecule has 1 aromatic heterocycles. The first-order valence-corrected chi connectivity index (χ1v) is 14.6. The number of furan rings is 1. The van der Waals surface area contributed by atoms with E-state index in [4.69, 9.17) is 23.4 Å². The fourth-order valence-electron chi connectivity index (χ4n) is 9.25. The second-order valence-corrected chi connectivity index (χ2v) is 13.5. The molecule has 4 heterocycles. The van der Waals surface area contributed by atoms with Gasteiger partial charge in [-0.15, -0.1) is 0 Å². The predicted octanol–water partition coefficient (Wildman–Crippen LogP) is 3.77. The molecule has 0 amide bonds. The molecular weight excluding hydrogens is 544 g/mol. The molecule has 10 heteroatoms. The molecule has 0 radical (unpaired) electrons. The van der Waals surface area contributed by atoms with Gasteiger partial charge in [0.05, 0.1) is 38.6 Å². The molecule has 0 aromatic carbocycles. The number of methoxy groups -OCH3 is 1. The van der Waals surface area contributed by atoms with Crippen LogP contribution >= 0.6 is 0 Å². The van der Waals surface area contributed by atoms with Crippen LogP contribution in [0, 0.1) is 34.0 Å². The molecule has 0 spiro atoms. The zero-order valence-electron chi connectivity index (χ0n) is 25.0. The summed E-state index contributed by atoms with van der Waals surface area (Å²) in [5, 5.41) is 25.3. The smallest absolute Gasteiger partial charge is 0.333 e. The number of hydrogen-bond acceptors (Lipinski definition) is 10. The molecule has 10 nitrogen and oxygen atoms in total. The molecule has 228 valence electrons. The van der Waals surface area contributed by atoms with Crippen molar-refractivity contribution in [1.82, 2.24) is 0 Å². The van der Waals surface area contributed by atoms with Crippen LogP contribution < -0.4 is 0 Å². The normalized spacial score (nSPS) is 45.7. The standard InChI is InChI=1S/C32H40O10/c1-7-17(2)27(35)42-26-21-12-20-19(30(5)22(13-23(33)38-6)28(26,3)16-40-32(21,30)37)8-10-29(4)25(18-9-11-39-15-18)41-24(34)14-31(20,29)36/h7,9,11-12,15,19,21-22,25-26,36-37H,8,10,13-14,16H2,1-6H3/b17-7+/t19-,21?,22-,25-,26+,28+,29-,30+,31+,32?/m0/s1. The van der Waals surface area contributed by atoms with Gasteiger partial charge >= 0.3 is 17.9 Å². The number of esters is 3. The third-order valence-electron chi connectivity index (χ3n) is 11.8. The number of hydrogen-bond donors (Lipinski definition) is 2. The van der Waals surface area contributed by atoms with Crippen molar-refractivity contribution in [2.75, 3.05) is 13.7 Å². The number of aliphatic hydroxyl groups is 2. The van der Waals surface area contributed by atoms with Gasteiger partial charge < -0.3 is 33.6 Å². The lowest BCUT2D eigenvalue weighted by Crippen LogP contribution is -2.80. The van der Waals surface area contributed by atoms with Crippen molar-refractivity contribution in [2.24, 2.45) is 34.0 Å². The summed E-state index contributed by atoms with van der Waals surface area (Å²) in [5.74, 6) is -5.21. The zero-order chi connectivity index (χ0) is 30.5. The van der Waals surface area contributed by atoms with Crippen molar-refractivity contribution in [2.45, 2.75) is 83.9 Å². The summed E-state index contributed by atoms with van der Waals surface area (Å²) < 4.78 is 28.7. The van der Waals surface area contributed by atoms with Crippen LogP contribution in [0.4, 0.5) is 0 Å². The maximum Gasteiger partial charge on any atom is 0.333 e. The van der Waals surface area contributed by atoms with Gasteiger partial charge in [-0.2, -0.15) is 0 Å². The summed E-state index contributed by atoms with van der Waals surface area (Å²) in [6.07, 6.45) is 5.51. The Balaban J connectivity index is 1.56. The number of ether oxygens (including phenoxy) is 4. The monoisotopic (exact) mass is 584 g/mol. The molecule has 2 unspecified atom stereocenters. The molecule has 4 bridgehead atoms. The maximum atomic E-state index is 13.2. The number of carbonyl (C=O) groups excluding carboxylic acids is 3. The van der Waals surface area contributed by atoms with Crippen LogP contribution in [0.5, 0.6) is 0 Å². The van der Waals surface area contributed by atoms with Gasteiger partial charge in [-0.3, -0.25) is 9.59 Å². The summed E-state index contributed by atoms with van der Waals surface area (Å²) >= 11 is 0. The highest BCUT2D eigenvalue weighted by Gasteiger charge is 2.80. The third-order valence-corrected chi connectivity index (χ3v) is 11.8. The van der Waals surface area contributed by atoms with Gasteiger partial charge in [0.2, 0.25) is 0 Å². The largest absolute Gasteiger partial charge is 0.472 e. The van der Waals surface area contributed by atoms with Crippen LogP contribution in [0.15, 0.2) is 46.3 Å². The minimum absolute atomic E-state index is 0.0439. The Morgan fingerprint density at radius 2 is 1.95 bits per heavy atom. The summed E-state index contributed by atoms with van der Waals surface area (Å²) in [5.41, 5.74) is -2.88. The van der Waals surface area contributed by atoms with Crippen LogP contribution in [-0.4, -0.2) is 59.3 Å². The Bertz CT molecular complexity index is 1380. The Kier molecular flexibility index (Phi) is 6.43. The second kappa shape index (κ2) is 9.27. The third kappa shape index (κ3) is 3.46. The fourth-order valence-corrected chi connectivity index (χ4v) is 9.25. The van der Waals surface area contributed by atoms with E-state index in [2.05, 4.69) is 0 Å². The fraction of sp³-hybridized carbons (Fsp3) is 0.656. The van der Waals surface area contributed by atoms with E-state index in [1.54, 1.807) is 32.1 Å². The predicted molar refractivity (Wildman–Crippen MR) is 146 cm³/mol. The van der Waals surface area contributed by atoms with Crippen molar-refractivity contribution in [3.63, 3.8) is 0 Å². The van der Waals surface area contributed by atoms with Crippen molar-refractivity contribution >= 4 is 17.9 Å². The molecule has 2 N–H and O–H groups in total. The lowest BCUT2D eigenvalue weighted by molar-refractivity contribution is -0.429. The second-order valence-electron chi connectivity index (χ2n) is 13.5. The molecule has 3 aliphatic heterocycles. The molecule has 2 saturated carbocycles. The highest BCUT2D eigenvalue weighted by atomic mass is 16.6. The van der Waals surface area contributed by atoms with E-state index < -0.39 is 75.5 Å². The minimum atomic E-state index is -1.81. The van der Waals surface area contributed by atoms with Gasteiger partial charge in [0.1, 0.15) is 17.8 Å². The molecule has 3 saturated heterocycles. The lowest BCUT2D eigenvalue weighted by atomic mass is 9.36. The molecular formula is C32H40O10. The number of fused-ring (bicyclic) bond motifs is 4. The molecule has 42 heavy (non-hydrogen) atoms. The first-order chi connectivity index (χ1) is 19.7. The van der Waals surface area contributed by atoms with E-state index in [1.807, 2.05) is 20.8 Å². The van der Waals surface area contributed by atoms with Crippen molar-refractivity contribution in [1.29, 1.82) is 0 Å². The van der Waals surface area contributed by atoms with Crippen LogP contribution in [0.25, 0.3) is 0 Å². The van der Waals surface area contributed by atoms with Gasteiger partial charge in [0, 0.05) is 33.8 Å². The maximum absolute atomic E-state index is 13.2. The van der Waals surface area contributed by atoms with Crippen molar-refractivity contribution < 1.29 is 48.0 Å². The number of allylic oxidation sites excluding steroid dienone is 1. The van der Waals surface area contributed by atoms with E-state index in [9.17, 15) is 24.6 Å². The van der Waals surface area contributed by atoms with Crippen LogP contribution in [0.2, 0.25) is 0 Å². The molecule has 5 fully saturated rings. The summed E-state index contributed by atoms with van der Waals surface area (Å²) in [4.78, 5) is 39.2. The van der Waals surface area contributed by atoms with E-state index >= 15 is 0 Å². The number of cyclic esters (lactones) is 1. The van der Waals surface area contributed by atoms with Crippen LogP contribution in [0.1, 0.15) is 72.0 Å². The number of rotatable bonds is 5. The highest BCUT2D eigenvalue weighted by molar-refractivity contribution is 5.88. The average molecular weight is 585 g/mol. The average Bonchev–Trinajstić information content (AvgIpc) is 3.48.